The van der Waals surface area contributed by atoms with Crippen molar-refractivity contribution in [2.45, 2.75) is 38.9 Å². The molecule has 0 aliphatic carbocycles. The fourth-order valence-electron chi connectivity index (χ4n) is 3.57. The number of carbonyl (C=O) groups is 1. The Morgan fingerprint density at radius 3 is 2.56 bits per heavy atom. The molecule has 0 spiro atoms. The van der Waals surface area contributed by atoms with Crippen LogP contribution in [0, 0.1) is 6.92 Å². The summed E-state index contributed by atoms with van der Waals surface area (Å²) in [6.07, 6.45) is -2.69. The summed E-state index contributed by atoms with van der Waals surface area (Å²) in [4.78, 5) is 21.3. The molecule has 0 aliphatic heterocycles. The van der Waals surface area contributed by atoms with Crippen LogP contribution in [0.3, 0.4) is 0 Å². The van der Waals surface area contributed by atoms with E-state index in [1.807, 2.05) is 31.2 Å². The molecule has 0 saturated heterocycles. The summed E-state index contributed by atoms with van der Waals surface area (Å²) in [6.45, 7) is 4.53. The highest BCUT2D eigenvalue weighted by Crippen LogP contribution is 2.39. The highest BCUT2D eigenvalue weighted by atomic mass is 19.4. The Morgan fingerprint density at radius 1 is 1.03 bits per heavy atom. The number of benzene rings is 2. The standard InChI is InChI=1S/C25H22F3N3O/c1-15-5-4-6-19-18(11-12-29-22(15)19)14-30-23(32)17-7-9-20-16(13-17)8-10-21(31-20)24(2,3)25(26,27)28/h4-13H,14H2,1-3H3,(H,30,32). The molecule has 1 amide bonds. The van der Waals surface area contributed by atoms with Gasteiger partial charge in [-0.1, -0.05) is 24.3 Å². The lowest BCUT2D eigenvalue weighted by atomic mass is 9.87. The van der Waals surface area contributed by atoms with Crippen molar-refractivity contribution in [1.82, 2.24) is 15.3 Å². The lowest BCUT2D eigenvalue weighted by Gasteiger charge is -2.27. The van der Waals surface area contributed by atoms with E-state index < -0.39 is 11.6 Å². The molecule has 0 fully saturated rings. The van der Waals surface area contributed by atoms with Gasteiger partial charge in [0.2, 0.25) is 0 Å². The summed E-state index contributed by atoms with van der Waals surface area (Å²) in [5, 5.41) is 4.49. The molecular weight excluding hydrogens is 415 g/mol. The molecule has 0 bridgehead atoms. The van der Waals surface area contributed by atoms with E-state index in [9.17, 15) is 18.0 Å². The van der Waals surface area contributed by atoms with Crippen molar-refractivity contribution >= 4 is 27.7 Å². The zero-order valence-electron chi connectivity index (χ0n) is 17.9. The molecule has 0 saturated carbocycles. The van der Waals surface area contributed by atoms with E-state index in [0.29, 0.717) is 23.0 Å². The van der Waals surface area contributed by atoms with Gasteiger partial charge in [0.25, 0.3) is 5.91 Å². The van der Waals surface area contributed by atoms with Crippen LogP contribution in [0.5, 0.6) is 0 Å². The number of alkyl halides is 3. The van der Waals surface area contributed by atoms with Crippen LogP contribution in [-0.4, -0.2) is 22.1 Å². The number of nitrogens with zero attached hydrogens (tertiary/aromatic N) is 2. The first-order chi connectivity index (χ1) is 15.1. The summed E-state index contributed by atoms with van der Waals surface area (Å²) < 4.78 is 40.0. The van der Waals surface area contributed by atoms with Crippen molar-refractivity contribution < 1.29 is 18.0 Å². The van der Waals surface area contributed by atoms with E-state index >= 15 is 0 Å². The van der Waals surface area contributed by atoms with Crippen molar-refractivity contribution in [2.75, 3.05) is 0 Å². The first kappa shape index (κ1) is 21.7. The number of pyridine rings is 2. The maximum atomic E-state index is 13.3. The normalized spacial score (nSPS) is 12.3. The lowest BCUT2D eigenvalue weighted by molar-refractivity contribution is -0.181. The summed E-state index contributed by atoms with van der Waals surface area (Å²) in [6, 6.07) is 15.5. The van der Waals surface area contributed by atoms with E-state index in [-0.39, 0.29) is 11.6 Å². The highest BCUT2D eigenvalue weighted by Gasteiger charge is 2.49. The molecule has 4 nitrogen and oxygen atoms in total. The van der Waals surface area contributed by atoms with Crippen LogP contribution < -0.4 is 5.32 Å². The second-order valence-electron chi connectivity index (χ2n) is 8.35. The number of carbonyl (C=O) groups excluding carboxylic acids is 1. The summed E-state index contributed by atoms with van der Waals surface area (Å²) in [5.74, 6) is -0.274. The number of aromatic nitrogens is 2. The van der Waals surface area contributed by atoms with Gasteiger partial charge in [0, 0.05) is 29.1 Å². The van der Waals surface area contributed by atoms with Crippen LogP contribution in [0.25, 0.3) is 21.8 Å². The molecule has 0 radical (unpaired) electrons. The average Bonchev–Trinajstić information content (AvgIpc) is 2.76. The molecule has 0 unspecified atom stereocenters. The van der Waals surface area contributed by atoms with Crippen molar-refractivity contribution in [2.24, 2.45) is 0 Å². The largest absolute Gasteiger partial charge is 0.399 e. The van der Waals surface area contributed by atoms with E-state index in [1.165, 1.54) is 6.07 Å². The average molecular weight is 437 g/mol. The van der Waals surface area contributed by atoms with Gasteiger partial charge < -0.3 is 5.32 Å². The number of fused-ring (bicyclic) bond motifs is 2. The van der Waals surface area contributed by atoms with Crippen molar-refractivity contribution in [1.29, 1.82) is 0 Å². The first-order valence-corrected chi connectivity index (χ1v) is 10.2. The summed E-state index contributed by atoms with van der Waals surface area (Å²) in [7, 11) is 0. The molecule has 0 atom stereocenters. The number of rotatable bonds is 4. The Balaban J connectivity index is 1.56. The number of hydrogen-bond donors (Lipinski definition) is 1. The van der Waals surface area contributed by atoms with E-state index in [0.717, 1.165) is 35.9 Å². The van der Waals surface area contributed by atoms with E-state index in [1.54, 1.807) is 30.5 Å². The lowest BCUT2D eigenvalue weighted by Crippen LogP contribution is -2.37. The molecule has 164 valence electrons. The molecule has 2 aromatic heterocycles. The SMILES string of the molecule is Cc1cccc2c(CNC(=O)c3ccc4nc(C(C)(C)C(F)(F)F)ccc4c3)ccnc12. The number of para-hydroxylation sites is 1. The van der Waals surface area contributed by atoms with Gasteiger partial charge in [-0.05, 0) is 62.2 Å². The van der Waals surface area contributed by atoms with Crippen LogP contribution >= 0.6 is 0 Å². The minimum absolute atomic E-state index is 0.0606. The zero-order valence-corrected chi connectivity index (χ0v) is 17.9. The number of hydrogen-bond acceptors (Lipinski definition) is 3. The Labute approximate surface area is 183 Å². The maximum Gasteiger partial charge on any atom is 0.399 e. The fourth-order valence-corrected chi connectivity index (χ4v) is 3.57. The Morgan fingerprint density at radius 2 is 1.81 bits per heavy atom. The monoisotopic (exact) mass is 437 g/mol. The van der Waals surface area contributed by atoms with Gasteiger partial charge in [-0.25, -0.2) is 0 Å². The molecular formula is C25H22F3N3O. The zero-order chi connectivity index (χ0) is 23.1. The predicted molar refractivity (Wildman–Crippen MR) is 118 cm³/mol. The fraction of sp³-hybridized carbons (Fsp3) is 0.240. The molecule has 2 aromatic carbocycles. The molecule has 32 heavy (non-hydrogen) atoms. The van der Waals surface area contributed by atoms with Crippen LogP contribution in [0.2, 0.25) is 0 Å². The topological polar surface area (TPSA) is 54.9 Å². The Hall–Kier alpha value is -3.48. The number of aryl methyl sites for hydroxylation is 1. The van der Waals surface area contributed by atoms with Gasteiger partial charge in [0.15, 0.2) is 0 Å². The summed E-state index contributed by atoms with van der Waals surface area (Å²) in [5.41, 5.74) is 1.61. The third-order valence-corrected chi connectivity index (χ3v) is 5.80. The minimum atomic E-state index is -4.41. The molecule has 4 rings (SSSR count). The predicted octanol–water partition coefficient (Wildman–Crippen LogP) is 5.86. The molecule has 7 heteroatoms. The number of halogens is 3. The van der Waals surface area contributed by atoms with Gasteiger partial charge in [0.1, 0.15) is 5.41 Å². The van der Waals surface area contributed by atoms with E-state index in [4.69, 9.17) is 0 Å². The number of nitrogens with one attached hydrogen (secondary N) is 1. The Bertz CT molecular complexity index is 1330. The van der Waals surface area contributed by atoms with E-state index in [2.05, 4.69) is 15.3 Å². The molecule has 1 N–H and O–H groups in total. The van der Waals surface area contributed by atoms with Crippen LogP contribution in [0.1, 0.15) is 41.0 Å². The van der Waals surface area contributed by atoms with Gasteiger partial charge in [-0.2, -0.15) is 13.2 Å². The van der Waals surface area contributed by atoms with Crippen LogP contribution in [0.4, 0.5) is 13.2 Å². The van der Waals surface area contributed by atoms with Crippen molar-refractivity contribution in [3.8, 4) is 0 Å². The third kappa shape index (κ3) is 3.90. The quantitative estimate of drug-likeness (QED) is 0.435. The third-order valence-electron chi connectivity index (χ3n) is 5.80. The second kappa shape index (κ2) is 7.89. The minimum Gasteiger partial charge on any atom is -0.348 e. The highest BCUT2D eigenvalue weighted by molar-refractivity contribution is 5.98. The molecule has 2 heterocycles. The van der Waals surface area contributed by atoms with Gasteiger partial charge in [-0.3, -0.25) is 14.8 Å². The molecule has 4 aromatic rings. The number of amides is 1. The van der Waals surface area contributed by atoms with Gasteiger partial charge in [-0.15, -0.1) is 0 Å². The first-order valence-electron chi connectivity index (χ1n) is 10.2. The van der Waals surface area contributed by atoms with Gasteiger partial charge in [0.05, 0.1) is 16.7 Å². The summed E-state index contributed by atoms with van der Waals surface area (Å²) >= 11 is 0. The van der Waals surface area contributed by atoms with Gasteiger partial charge >= 0.3 is 6.18 Å². The molecule has 0 aliphatic rings. The smallest absolute Gasteiger partial charge is 0.348 e. The Kier molecular flexibility index (Phi) is 5.36. The second-order valence-corrected chi connectivity index (χ2v) is 8.35. The van der Waals surface area contributed by atoms with Crippen molar-refractivity contribution in [3.05, 3.63) is 83.2 Å². The van der Waals surface area contributed by atoms with Crippen LogP contribution in [-0.2, 0) is 12.0 Å². The van der Waals surface area contributed by atoms with Crippen LogP contribution in [0.15, 0.2) is 60.8 Å². The maximum absolute atomic E-state index is 13.3. The van der Waals surface area contributed by atoms with Crippen molar-refractivity contribution in [3.63, 3.8) is 0 Å².